The van der Waals surface area contributed by atoms with Gasteiger partial charge in [0.2, 0.25) is 0 Å². The molecule has 2 aromatic rings. The third-order valence-electron chi connectivity index (χ3n) is 3.16. The molecule has 1 fully saturated rings. The van der Waals surface area contributed by atoms with Crippen molar-refractivity contribution in [2.75, 3.05) is 6.61 Å². The molecule has 0 spiro atoms. The number of aromatic amines is 1. The number of aliphatic hydroxyl groups is 3. The van der Waals surface area contributed by atoms with E-state index < -0.39 is 36.7 Å². The van der Waals surface area contributed by atoms with E-state index in [0.717, 1.165) is 0 Å². The van der Waals surface area contributed by atoms with E-state index in [0.29, 0.717) is 0 Å². The van der Waals surface area contributed by atoms with Crippen molar-refractivity contribution in [3.05, 3.63) is 23.0 Å². The molecule has 0 bridgehead atoms. The molecule has 19 heavy (non-hydrogen) atoms. The van der Waals surface area contributed by atoms with E-state index in [1.165, 1.54) is 17.2 Å². The van der Waals surface area contributed by atoms with Crippen molar-refractivity contribution < 1.29 is 21.5 Å². The lowest BCUT2D eigenvalue weighted by Crippen LogP contribution is -2.33. The number of ether oxygens (including phenoxy) is 1. The average molecular weight is 269 g/mol. The summed E-state index contributed by atoms with van der Waals surface area (Å²) in [4.78, 5) is 21.8. The number of rotatable bonds is 2. The van der Waals surface area contributed by atoms with E-state index in [1.807, 2.05) is 0 Å². The fourth-order valence-electron chi connectivity index (χ4n) is 2.16. The van der Waals surface area contributed by atoms with Gasteiger partial charge < -0.3 is 25.0 Å². The summed E-state index contributed by atoms with van der Waals surface area (Å²) in [5.41, 5.74) is -0.0608. The van der Waals surface area contributed by atoms with Crippen LogP contribution in [0.3, 0.4) is 0 Å². The predicted octanol–water partition coefficient (Wildman–Crippen LogP) is -2.16. The molecule has 1 aliphatic heterocycles. The third-order valence-corrected chi connectivity index (χ3v) is 3.16. The number of aliphatic hydroxyl groups excluding tert-OH is 3. The van der Waals surface area contributed by atoms with E-state index in [1.54, 1.807) is 0 Å². The van der Waals surface area contributed by atoms with Crippen LogP contribution in [0.15, 0.2) is 17.4 Å². The minimum atomic E-state index is -1.24. The maximum Gasteiger partial charge on any atom is 1.00 e. The van der Waals surface area contributed by atoms with Gasteiger partial charge in [-0.15, -0.1) is 0 Å². The molecule has 3 heterocycles. The monoisotopic (exact) mass is 269 g/mol. The lowest BCUT2D eigenvalue weighted by molar-refractivity contribution is -0.0511. The molecule has 0 radical (unpaired) electrons. The highest BCUT2D eigenvalue weighted by molar-refractivity contribution is 5.68. The molecule has 9 nitrogen and oxygen atoms in total. The van der Waals surface area contributed by atoms with Crippen LogP contribution in [-0.2, 0) is 4.74 Å². The molecule has 0 amide bonds. The Kier molecular flexibility index (Phi) is 2.82. The van der Waals surface area contributed by atoms with Crippen LogP contribution >= 0.6 is 0 Å². The van der Waals surface area contributed by atoms with Gasteiger partial charge in [0.1, 0.15) is 18.3 Å². The number of hydrogen-bond acceptors (Lipinski definition) is 7. The van der Waals surface area contributed by atoms with Gasteiger partial charge in [0, 0.05) is 0 Å². The number of aromatic nitrogens is 4. The Labute approximate surface area is 107 Å². The highest BCUT2D eigenvalue weighted by Gasteiger charge is 2.43. The van der Waals surface area contributed by atoms with Gasteiger partial charge in [-0.05, 0) is 0 Å². The Bertz CT molecular complexity index is 658. The average Bonchev–Trinajstić information content (AvgIpc) is 2.94. The van der Waals surface area contributed by atoms with Gasteiger partial charge in [0.05, 0.1) is 19.3 Å². The van der Waals surface area contributed by atoms with Crippen LogP contribution in [0.5, 0.6) is 0 Å². The van der Waals surface area contributed by atoms with Gasteiger partial charge in [-0.3, -0.25) is 9.36 Å². The molecule has 1 saturated heterocycles. The van der Waals surface area contributed by atoms with Gasteiger partial charge in [0.25, 0.3) is 5.56 Å². The van der Waals surface area contributed by atoms with Crippen molar-refractivity contribution in [3.8, 4) is 0 Å². The summed E-state index contributed by atoms with van der Waals surface area (Å²) < 4.78 is 6.70. The molecular formula is C10H13N4O5+. The maximum atomic E-state index is 11.5. The molecule has 1 aliphatic rings. The molecule has 4 N–H and O–H groups in total. The van der Waals surface area contributed by atoms with Crippen molar-refractivity contribution in [1.29, 1.82) is 0 Å². The molecule has 0 aliphatic carbocycles. The molecule has 0 aromatic carbocycles. The molecular weight excluding hydrogens is 256 g/mol. The van der Waals surface area contributed by atoms with Gasteiger partial charge in [-0.2, -0.15) is 0 Å². The highest BCUT2D eigenvalue weighted by atomic mass is 16.6. The molecule has 3 rings (SSSR count). The minimum absolute atomic E-state index is 0. The first-order valence-corrected chi connectivity index (χ1v) is 5.66. The standard InChI is InChI=1S/C10H12N4O5/c15-1-4-6(16)7(17)10(19-4)14-3-13-5-8(14)11-2-12-9(5)18/h2-4,6-7,10,15-17H,1H2,(H,11,12,18)/p+1. The minimum Gasteiger partial charge on any atom is -0.394 e. The first-order valence-electron chi connectivity index (χ1n) is 5.66. The summed E-state index contributed by atoms with van der Waals surface area (Å²) in [7, 11) is 0. The number of hydrogen-bond donors (Lipinski definition) is 4. The Morgan fingerprint density at radius 3 is 2.89 bits per heavy atom. The molecule has 2 aromatic heterocycles. The fraction of sp³-hybridized carbons (Fsp3) is 0.500. The van der Waals surface area contributed by atoms with Crippen LogP contribution in [0.4, 0.5) is 0 Å². The van der Waals surface area contributed by atoms with Crippen LogP contribution in [-0.4, -0.2) is 59.8 Å². The Balaban J connectivity index is 0.00000147. The van der Waals surface area contributed by atoms with Crippen LogP contribution in [0.2, 0.25) is 0 Å². The Hall–Kier alpha value is -1.81. The SMILES string of the molecule is O=c1[nH]cnc2c1ncn2C1OC(CO)C(O)C1O.[H+]. The number of fused-ring (bicyclic) bond motifs is 1. The predicted molar refractivity (Wildman–Crippen MR) is 62.3 cm³/mol. The third kappa shape index (κ3) is 1.75. The summed E-state index contributed by atoms with van der Waals surface area (Å²) in [6.07, 6.45) is -1.78. The van der Waals surface area contributed by atoms with Gasteiger partial charge >= 0.3 is 1.43 Å². The zero-order chi connectivity index (χ0) is 13.6. The molecule has 4 unspecified atom stereocenters. The second kappa shape index (κ2) is 4.38. The van der Waals surface area contributed by atoms with Crippen molar-refractivity contribution >= 4 is 11.2 Å². The van der Waals surface area contributed by atoms with Crippen molar-refractivity contribution in [2.24, 2.45) is 0 Å². The van der Waals surface area contributed by atoms with Gasteiger partial charge in [-0.25, -0.2) is 9.97 Å². The lowest BCUT2D eigenvalue weighted by atomic mass is 10.1. The zero-order valence-corrected chi connectivity index (χ0v) is 9.67. The highest BCUT2D eigenvalue weighted by Crippen LogP contribution is 2.30. The smallest absolute Gasteiger partial charge is 0.394 e. The van der Waals surface area contributed by atoms with Crippen LogP contribution in [0.25, 0.3) is 11.2 Å². The fourth-order valence-corrected chi connectivity index (χ4v) is 2.16. The number of H-pyrrole nitrogens is 1. The topological polar surface area (TPSA) is 133 Å². The molecule has 0 saturated carbocycles. The summed E-state index contributed by atoms with van der Waals surface area (Å²) in [6.45, 7) is -0.421. The van der Waals surface area contributed by atoms with Crippen molar-refractivity contribution in [2.45, 2.75) is 24.5 Å². The van der Waals surface area contributed by atoms with Crippen LogP contribution in [0.1, 0.15) is 7.65 Å². The van der Waals surface area contributed by atoms with E-state index in [-0.39, 0.29) is 12.6 Å². The molecule has 4 atom stereocenters. The van der Waals surface area contributed by atoms with Crippen LogP contribution < -0.4 is 5.56 Å². The second-order valence-electron chi connectivity index (χ2n) is 4.28. The molecule has 9 heteroatoms. The number of nitrogens with zero attached hydrogens (tertiary/aromatic N) is 3. The number of imidazole rings is 1. The van der Waals surface area contributed by atoms with E-state index in [4.69, 9.17) is 9.84 Å². The first-order chi connectivity index (χ1) is 9.13. The summed E-state index contributed by atoms with van der Waals surface area (Å²) in [5.74, 6) is 0. The van der Waals surface area contributed by atoms with E-state index in [2.05, 4.69) is 15.0 Å². The van der Waals surface area contributed by atoms with Gasteiger partial charge in [-0.1, -0.05) is 0 Å². The lowest BCUT2D eigenvalue weighted by Gasteiger charge is -2.16. The summed E-state index contributed by atoms with van der Waals surface area (Å²) in [6, 6.07) is 0. The van der Waals surface area contributed by atoms with Crippen molar-refractivity contribution in [3.63, 3.8) is 0 Å². The normalized spacial score (nSPS) is 31.1. The summed E-state index contributed by atoms with van der Waals surface area (Å²) >= 11 is 0. The molecule has 102 valence electrons. The van der Waals surface area contributed by atoms with Crippen molar-refractivity contribution in [1.82, 2.24) is 19.5 Å². The Morgan fingerprint density at radius 1 is 1.42 bits per heavy atom. The largest absolute Gasteiger partial charge is 1.00 e. The van der Waals surface area contributed by atoms with Gasteiger partial charge in [0.15, 0.2) is 17.4 Å². The second-order valence-corrected chi connectivity index (χ2v) is 4.28. The van der Waals surface area contributed by atoms with E-state index in [9.17, 15) is 15.0 Å². The van der Waals surface area contributed by atoms with Crippen LogP contribution in [0, 0.1) is 0 Å². The first kappa shape index (κ1) is 12.2. The number of nitrogens with one attached hydrogen (secondary N) is 1. The Morgan fingerprint density at radius 2 is 2.21 bits per heavy atom. The summed E-state index contributed by atoms with van der Waals surface area (Å²) in [5, 5.41) is 28.6. The maximum absolute atomic E-state index is 11.5. The quantitative estimate of drug-likeness (QED) is 0.488. The zero-order valence-electron chi connectivity index (χ0n) is 10.7. The van der Waals surface area contributed by atoms with E-state index >= 15 is 0 Å².